The van der Waals surface area contributed by atoms with Crippen molar-refractivity contribution in [2.75, 3.05) is 6.54 Å². The van der Waals surface area contributed by atoms with Crippen LogP contribution in [0.15, 0.2) is 0 Å². The maximum Gasteiger partial charge on any atom is 0.324 e. The number of nitrogens with zero attached hydrogens (tertiary/aromatic N) is 1. The molecule has 0 rings (SSSR count). The highest BCUT2D eigenvalue weighted by Crippen LogP contribution is 2.03. The molecule has 0 aromatic rings. The molecule has 0 saturated carbocycles. The first-order chi connectivity index (χ1) is 5.59. The zero-order valence-electron chi connectivity index (χ0n) is 6.81. The fraction of sp³-hybridized carbons (Fsp3) is 0.833. The molecule has 12 heavy (non-hydrogen) atoms. The van der Waals surface area contributed by atoms with Crippen LogP contribution in [0.3, 0.4) is 0 Å². The first-order valence-electron chi connectivity index (χ1n) is 3.75. The van der Waals surface area contributed by atoms with E-state index in [2.05, 4.69) is 0 Å². The maximum atomic E-state index is 10.4. The van der Waals surface area contributed by atoms with Gasteiger partial charge in [0.15, 0.2) is 0 Å². The van der Waals surface area contributed by atoms with E-state index in [0.29, 0.717) is 19.4 Å². The predicted molar refractivity (Wildman–Crippen MR) is 42.1 cm³/mol. The Morgan fingerprint density at radius 1 is 1.50 bits per heavy atom. The molecule has 6 N–H and O–H groups in total. The summed E-state index contributed by atoms with van der Waals surface area (Å²) < 4.78 is 0. The van der Waals surface area contributed by atoms with E-state index in [0.717, 1.165) is 6.42 Å². The van der Waals surface area contributed by atoms with Crippen LogP contribution in [0.4, 0.5) is 0 Å². The highest BCUT2D eigenvalue weighted by atomic mass is 16.5. The van der Waals surface area contributed by atoms with Crippen LogP contribution in [-0.2, 0) is 4.79 Å². The van der Waals surface area contributed by atoms with Gasteiger partial charge in [0, 0.05) is 0 Å². The molecule has 6 nitrogen and oxygen atoms in total. The number of hydrogen-bond donors (Lipinski definition) is 4. The number of carbonyl (C=O) groups is 1. The summed E-state index contributed by atoms with van der Waals surface area (Å²) >= 11 is 0. The Labute approximate surface area is 70.7 Å². The molecule has 6 heteroatoms. The average molecular weight is 177 g/mol. The fourth-order valence-corrected chi connectivity index (χ4v) is 0.851. The van der Waals surface area contributed by atoms with Crippen LogP contribution in [0.5, 0.6) is 0 Å². The number of carboxylic acids is 1. The van der Waals surface area contributed by atoms with E-state index in [1.165, 1.54) is 0 Å². The second-order valence-electron chi connectivity index (χ2n) is 2.52. The van der Waals surface area contributed by atoms with E-state index >= 15 is 0 Å². The van der Waals surface area contributed by atoms with Gasteiger partial charge < -0.3 is 10.8 Å². The van der Waals surface area contributed by atoms with Crippen molar-refractivity contribution in [3.63, 3.8) is 0 Å². The van der Waals surface area contributed by atoms with Crippen molar-refractivity contribution in [2.45, 2.75) is 25.3 Å². The second kappa shape index (κ2) is 5.90. The molecule has 0 unspecified atom stereocenters. The number of hydrazine groups is 1. The highest BCUT2D eigenvalue weighted by Gasteiger charge is 2.20. The van der Waals surface area contributed by atoms with E-state index in [1.807, 2.05) is 0 Å². The minimum absolute atomic E-state index is 0.221. The topological polar surface area (TPSA) is 113 Å². The lowest BCUT2D eigenvalue weighted by Crippen LogP contribution is -2.43. The van der Waals surface area contributed by atoms with Crippen LogP contribution < -0.4 is 11.6 Å². The van der Waals surface area contributed by atoms with Crippen molar-refractivity contribution in [1.82, 2.24) is 5.17 Å². The van der Waals surface area contributed by atoms with Gasteiger partial charge in [-0.1, -0.05) is 0 Å². The van der Waals surface area contributed by atoms with E-state index in [9.17, 15) is 4.79 Å². The second-order valence-corrected chi connectivity index (χ2v) is 2.52. The molecule has 72 valence electrons. The summed E-state index contributed by atoms with van der Waals surface area (Å²) in [4.78, 5) is 10.4. The van der Waals surface area contributed by atoms with Gasteiger partial charge in [-0.15, -0.1) is 5.17 Å². The molecule has 0 fully saturated rings. The SMILES string of the molecule is NCCCC[C@@H](C(=O)O)N(N)O. The van der Waals surface area contributed by atoms with Crippen molar-refractivity contribution in [3.8, 4) is 0 Å². The third kappa shape index (κ3) is 4.24. The van der Waals surface area contributed by atoms with Crippen molar-refractivity contribution < 1.29 is 15.1 Å². The molecule has 0 bridgehead atoms. The summed E-state index contributed by atoms with van der Waals surface area (Å²) in [6.45, 7) is 0.516. The molecule has 0 aromatic carbocycles. The Bertz CT molecular complexity index is 140. The Balaban J connectivity index is 3.72. The summed E-state index contributed by atoms with van der Waals surface area (Å²) in [5.41, 5.74) is 5.21. The maximum absolute atomic E-state index is 10.4. The van der Waals surface area contributed by atoms with Crippen LogP contribution in [0, 0.1) is 0 Å². The molecule has 0 saturated heterocycles. The van der Waals surface area contributed by atoms with Gasteiger partial charge in [-0.3, -0.25) is 10.0 Å². The first kappa shape index (κ1) is 11.3. The third-order valence-electron chi connectivity index (χ3n) is 1.54. The molecule has 1 atom stereocenters. The Morgan fingerprint density at radius 2 is 2.08 bits per heavy atom. The van der Waals surface area contributed by atoms with Crippen LogP contribution in [0.1, 0.15) is 19.3 Å². The lowest BCUT2D eigenvalue weighted by Gasteiger charge is -2.16. The van der Waals surface area contributed by atoms with Crippen LogP contribution in [0.25, 0.3) is 0 Å². The van der Waals surface area contributed by atoms with Gasteiger partial charge in [0.25, 0.3) is 0 Å². The van der Waals surface area contributed by atoms with Gasteiger partial charge in [0.1, 0.15) is 6.04 Å². The number of aliphatic carboxylic acids is 1. The van der Waals surface area contributed by atoms with Crippen molar-refractivity contribution in [1.29, 1.82) is 0 Å². The zero-order chi connectivity index (χ0) is 9.56. The summed E-state index contributed by atoms with van der Waals surface area (Å²) in [6.07, 6.45) is 1.68. The zero-order valence-corrected chi connectivity index (χ0v) is 6.81. The first-order valence-corrected chi connectivity index (χ1v) is 3.75. The molecule has 0 aliphatic carbocycles. The lowest BCUT2D eigenvalue weighted by molar-refractivity contribution is -0.171. The molecule has 0 spiro atoms. The molecule has 0 amide bonds. The minimum atomic E-state index is -1.13. The van der Waals surface area contributed by atoms with E-state index < -0.39 is 12.0 Å². The lowest BCUT2D eigenvalue weighted by atomic mass is 10.1. The summed E-state index contributed by atoms with van der Waals surface area (Å²) in [5, 5.41) is 17.4. The van der Waals surface area contributed by atoms with E-state index in [1.54, 1.807) is 0 Å². The number of nitrogens with two attached hydrogens (primary N) is 2. The minimum Gasteiger partial charge on any atom is -0.480 e. The van der Waals surface area contributed by atoms with Crippen molar-refractivity contribution in [3.05, 3.63) is 0 Å². The Hall–Kier alpha value is -0.690. The average Bonchev–Trinajstić information content (AvgIpc) is 1.96. The van der Waals surface area contributed by atoms with Gasteiger partial charge in [-0.05, 0) is 25.8 Å². The number of hydroxylamine groups is 1. The molecule has 0 aliphatic heterocycles. The van der Waals surface area contributed by atoms with Crippen LogP contribution in [0.2, 0.25) is 0 Å². The molecule has 0 heterocycles. The van der Waals surface area contributed by atoms with Gasteiger partial charge in [-0.2, -0.15) is 0 Å². The standard InChI is InChI=1S/C6H15N3O3/c7-4-2-1-3-5(6(10)11)9(8)12/h5,12H,1-4,7-8H2,(H,10,11)/t5-/m0/s1. The van der Waals surface area contributed by atoms with Gasteiger partial charge in [-0.25, -0.2) is 5.84 Å². The van der Waals surface area contributed by atoms with Crippen LogP contribution in [-0.4, -0.2) is 34.0 Å². The molecular weight excluding hydrogens is 162 g/mol. The van der Waals surface area contributed by atoms with Crippen molar-refractivity contribution >= 4 is 5.97 Å². The van der Waals surface area contributed by atoms with E-state index in [4.69, 9.17) is 21.9 Å². The largest absolute Gasteiger partial charge is 0.480 e. The Morgan fingerprint density at radius 3 is 2.42 bits per heavy atom. The third-order valence-corrected chi connectivity index (χ3v) is 1.54. The van der Waals surface area contributed by atoms with Crippen molar-refractivity contribution in [2.24, 2.45) is 11.6 Å². The molecule has 0 aliphatic rings. The van der Waals surface area contributed by atoms with Crippen LogP contribution >= 0.6 is 0 Å². The number of hydrogen-bond acceptors (Lipinski definition) is 5. The number of unbranched alkanes of at least 4 members (excludes halogenated alkanes) is 1. The summed E-state index contributed by atoms with van der Waals surface area (Å²) in [5.74, 6) is 3.77. The molecular formula is C6H15N3O3. The van der Waals surface area contributed by atoms with E-state index in [-0.39, 0.29) is 5.17 Å². The normalized spacial score (nSPS) is 13.3. The van der Waals surface area contributed by atoms with Gasteiger partial charge in [0.2, 0.25) is 0 Å². The Kier molecular flexibility index (Phi) is 5.56. The molecule has 0 radical (unpaired) electrons. The fourth-order valence-electron chi connectivity index (χ4n) is 0.851. The summed E-state index contributed by atoms with van der Waals surface area (Å²) in [6, 6.07) is -1.03. The van der Waals surface area contributed by atoms with Gasteiger partial charge >= 0.3 is 5.97 Å². The van der Waals surface area contributed by atoms with Gasteiger partial charge in [0.05, 0.1) is 0 Å². The molecule has 0 aromatic heterocycles. The smallest absolute Gasteiger partial charge is 0.324 e. The number of rotatable bonds is 6. The predicted octanol–water partition coefficient (Wildman–Crippen LogP) is -0.866. The highest BCUT2D eigenvalue weighted by molar-refractivity contribution is 5.73. The quantitative estimate of drug-likeness (QED) is 0.238. The monoisotopic (exact) mass is 177 g/mol. The number of carboxylic acid groups (broad SMARTS) is 1. The summed E-state index contributed by atoms with van der Waals surface area (Å²) in [7, 11) is 0.